The minimum Gasteiger partial charge on any atom is -0.0955 e. The van der Waals surface area contributed by atoms with E-state index in [4.69, 9.17) is 13.2 Å². The van der Waals surface area contributed by atoms with Crippen LogP contribution in [0.25, 0.3) is 16.7 Å². The van der Waals surface area contributed by atoms with Gasteiger partial charge in [-0.05, 0) is 101 Å². The van der Waals surface area contributed by atoms with Crippen LogP contribution in [-0.2, 0) is 0 Å². The van der Waals surface area contributed by atoms with Crippen LogP contribution in [-0.4, -0.2) is 0 Å². The van der Waals surface area contributed by atoms with Crippen molar-refractivity contribution in [1.29, 1.82) is 0 Å². The van der Waals surface area contributed by atoms with E-state index in [1.807, 2.05) is 0 Å². The molecule has 3 aliphatic carbocycles. The van der Waals surface area contributed by atoms with Crippen molar-refractivity contribution in [3.8, 4) is 11.1 Å². The van der Waals surface area contributed by atoms with Gasteiger partial charge in [0.25, 0.3) is 0 Å². The Hall–Kier alpha value is -2.86. The summed E-state index contributed by atoms with van der Waals surface area (Å²) in [6.45, 7) is 35.6. The van der Waals surface area contributed by atoms with Crippen LogP contribution in [0.4, 0.5) is 0 Å². The van der Waals surface area contributed by atoms with E-state index in [0.717, 1.165) is 12.0 Å². The average molecular weight is 489 g/mol. The quantitative estimate of drug-likeness (QED) is 0.394. The van der Waals surface area contributed by atoms with Gasteiger partial charge in [0, 0.05) is 10.8 Å². The van der Waals surface area contributed by atoms with Gasteiger partial charge in [-0.1, -0.05) is 114 Å². The zero-order valence-electron chi connectivity index (χ0n) is 24.5. The smallest absolute Gasteiger partial charge is 0.0196 e. The second kappa shape index (κ2) is 8.07. The normalized spacial score (nSPS) is 33.2. The van der Waals surface area contributed by atoms with Crippen LogP contribution in [0.5, 0.6) is 0 Å². The molecule has 5 atom stereocenters. The van der Waals surface area contributed by atoms with Gasteiger partial charge in [-0.2, -0.15) is 0 Å². The molecule has 5 rings (SSSR count). The van der Waals surface area contributed by atoms with Crippen molar-refractivity contribution >= 4 is 5.57 Å². The maximum absolute atomic E-state index is 4.87. The molecule has 0 saturated heterocycles. The highest BCUT2D eigenvalue weighted by Crippen LogP contribution is 2.74. The molecule has 0 fully saturated rings. The van der Waals surface area contributed by atoms with Crippen LogP contribution in [0, 0.1) is 29.1 Å². The summed E-state index contributed by atoms with van der Waals surface area (Å²) in [6, 6.07) is 15.5. The molecule has 0 heteroatoms. The highest BCUT2D eigenvalue weighted by molar-refractivity contribution is 5.90. The topological polar surface area (TPSA) is 0 Å². The molecule has 0 aromatic heterocycles. The Kier molecular flexibility index (Phi) is 5.62. The van der Waals surface area contributed by atoms with Crippen LogP contribution < -0.4 is 0 Å². The molecule has 0 aliphatic heterocycles. The van der Waals surface area contributed by atoms with Crippen LogP contribution in [0.2, 0.25) is 0 Å². The third kappa shape index (κ3) is 2.96. The summed E-state index contributed by atoms with van der Waals surface area (Å²) in [4.78, 5) is 0. The molecule has 0 radical (unpaired) electrons. The van der Waals surface area contributed by atoms with Gasteiger partial charge in [-0.25, -0.2) is 0 Å². The van der Waals surface area contributed by atoms with E-state index < -0.39 is 0 Å². The predicted octanol–water partition coefficient (Wildman–Crippen LogP) is 10.6. The standard InChI is InChI=1S/C37H44/c1-21(2)32-22(3)20-35(10)28(9)36(11)25(6)31-19-18-30(29-16-14-13-15-17-29)23(4)33(31)24(5)34(36)27(8)37(35,12)26(32)7/h13-19,25,28H,1,5,7,20H2,2-4,6,8-12H3/t25-,28+,35+,36-,37-/m1/s1. The average Bonchev–Trinajstić information content (AvgIpc) is 2.84. The van der Waals surface area contributed by atoms with Crippen molar-refractivity contribution in [1.82, 2.24) is 0 Å². The first-order valence-electron chi connectivity index (χ1n) is 13.9. The van der Waals surface area contributed by atoms with Gasteiger partial charge in [0.15, 0.2) is 0 Å². The summed E-state index contributed by atoms with van der Waals surface area (Å²) < 4.78 is 0. The van der Waals surface area contributed by atoms with Gasteiger partial charge >= 0.3 is 0 Å². The van der Waals surface area contributed by atoms with E-state index in [2.05, 4.69) is 111 Å². The van der Waals surface area contributed by atoms with Crippen molar-refractivity contribution in [3.63, 3.8) is 0 Å². The molecule has 0 amide bonds. The maximum Gasteiger partial charge on any atom is 0.0196 e. The second-order valence-electron chi connectivity index (χ2n) is 12.9. The Morgan fingerprint density at radius 3 is 2.14 bits per heavy atom. The lowest BCUT2D eigenvalue weighted by Crippen LogP contribution is -2.58. The summed E-state index contributed by atoms with van der Waals surface area (Å²) >= 11 is 0. The van der Waals surface area contributed by atoms with Gasteiger partial charge in [-0.15, -0.1) is 0 Å². The molecule has 37 heavy (non-hydrogen) atoms. The van der Waals surface area contributed by atoms with E-state index >= 15 is 0 Å². The number of hydrogen-bond donors (Lipinski definition) is 0. The number of allylic oxidation sites excluding steroid dienone is 7. The molecule has 0 spiro atoms. The van der Waals surface area contributed by atoms with E-state index in [0.29, 0.717) is 11.8 Å². The maximum atomic E-state index is 4.87. The van der Waals surface area contributed by atoms with Gasteiger partial charge in [0.2, 0.25) is 0 Å². The first-order valence-corrected chi connectivity index (χ1v) is 13.9. The van der Waals surface area contributed by atoms with Crippen LogP contribution in [0.15, 0.2) is 95.6 Å². The lowest BCUT2D eigenvalue weighted by molar-refractivity contribution is -0.0260. The Bertz CT molecular complexity index is 1440. The molecule has 0 heterocycles. The molecular formula is C37H44. The van der Waals surface area contributed by atoms with Crippen LogP contribution in [0.1, 0.15) is 84.4 Å². The summed E-state index contributed by atoms with van der Waals surface area (Å²) in [5.74, 6) is 0.828. The molecule has 2 aromatic rings. The predicted molar refractivity (Wildman–Crippen MR) is 162 cm³/mol. The fourth-order valence-corrected chi connectivity index (χ4v) is 9.08. The SMILES string of the molecule is C=C(C)C1=C(C)C[C@@]2(C)[C@H](C)[C@]3(C)C(=C(C)[C@@]2(C)C1=C)C(=C)c1c(ccc(-c2ccccc2)c1C)[C@H]3C. The Morgan fingerprint density at radius 1 is 0.919 bits per heavy atom. The number of rotatable bonds is 2. The summed E-state index contributed by atoms with van der Waals surface area (Å²) in [7, 11) is 0. The van der Waals surface area contributed by atoms with Crippen molar-refractivity contribution in [2.45, 2.75) is 74.7 Å². The van der Waals surface area contributed by atoms with E-state index in [-0.39, 0.29) is 16.2 Å². The molecule has 0 unspecified atom stereocenters. The van der Waals surface area contributed by atoms with Crippen molar-refractivity contribution < 1.29 is 0 Å². The number of fused-ring (bicyclic) bond motifs is 3. The summed E-state index contributed by atoms with van der Waals surface area (Å²) in [6.07, 6.45) is 1.07. The lowest BCUT2D eigenvalue weighted by Gasteiger charge is -2.67. The lowest BCUT2D eigenvalue weighted by atomic mass is 9.36. The minimum absolute atomic E-state index is 0.00951. The van der Waals surface area contributed by atoms with Gasteiger partial charge in [-0.3, -0.25) is 0 Å². The molecule has 0 nitrogen and oxygen atoms in total. The van der Waals surface area contributed by atoms with Crippen LogP contribution in [0.3, 0.4) is 0 Å². The van der Waals surface area contributed by atoms with E-state index in [9.17, 15) is 0 Å². The molecule has 3 aliphatic rings. The molecule has 2 aromatic carbocycles. The number of benzene rings is 2. The largest absolute Gasteiger partial charge is 0.0955 e. The van der Waals surface area contributed by atoms with Gasteiger partial charge in [0.05, 0.1) is 0 Å². The third-order valence-electron chi connectivity index (χ3n) is 11.6. The number of hydrogen-bond acceptors (Lipinski definition) is 0. The van der Waals surface area contributed by atoms with Crippen molar-refractivity contribution in [3.05, 3.63) is 112 Å². The zero-order valence-corrected chi connectivity index (χ0v) is 24.5. The van der Waals surface area contributed by atoms with Crippen molar-refractivity contribution in [2.24, 2.45) is 22.2 Å². The zero-order chi connectivity index (χ0) is 27.2. The highest BCUT2D eigenvalue weighted by atomic mass is 14.7. The molecular weight excluding hydrogens is 444 g/mol. The Morgan fingerprint density at radius 2 is 1.54 bits per heavy atom. The van der Waals surface area contributed by atoms with Crippen LogP contribution >= 0.6 is 0 Å². The molecule has 0 N–H and O–H groups in total. The van der Waals surface area contributed by atoms with E-state index in [1.54, 1.807) is 0 Å². The second-order valence-corrected chi connectivity index (χ2v) is 12.9. The van der Waals surface area contributed by atoms with Gasteiger partial charge < -0.3 is 0 Å². The highest BCUT2D eigenvalue weighted by Gasteiger charge is 2.64. The minimum atomic E-state index is -0.153. The molecule has 0 bridgehead atoms. The molecule has 192 valence electrons. The van der Waals surface area contributed by atoms with Gasteiger partial charge in [0.1, 0.15) is 0 Å². The summed E-state index contributed by atoms with van der Waals surface area (Å²) in [5.41, 5.74) is 15.9. The van der Waals surface area contributed by atoms with Crippen molar-refractivity contribution in [2.75, 3.05) is 0 Å². The molecule has 0 saturated carbocycles. The fraction of sp³-hybridized carbons (Fsp3) is 0.405. The Balaban J connectivity index is 1.82. The van der Waals surface area contributed by atoms with E-state index in [1.165, 1.54) is 61.3 Å². The first kappa shape index (κ1) is 25.8. The third-order valence-corrected chi connectivity index (χ3v) is 11.6. The first-order chi connectivity index (χ1) is 17.2. The summed E-state index contributed by atoms with van der Waals surface area (Å²) in [5, 5.41) is 0. The fourth-order valence-electron chi connectivity index (χ4n) is 9.08. The Labute approximate surface area is 225 Å². The monoisotopic (exact) mass is 488 g/mol.